The number of rotatable bonds is 5. The lowest BCUT2D eigenvalue weighted by atomic mass is 9.75. The van der Waals surface area contributed by atoms with Crippen molar-refractivity contribution in [3.63, 3.8) is 0 Å². The molecule has 2 aliphatic carbocycles. The number of carbonyl (C=O) groups excluding carboxylic acids is 2. The summed E-state index contributed by atoms with van der Waals surface area (Å²) in [6.45, 7) is 4.02. The summed E-state index contributed by atoms with van der Waals surface area (Å²) in [6.07, 6.45) is 5.96. The molecule has 6 nitrogen and oxygen atoms in total. The van der Waals surface area contributed by atoms with E-state index in [0.29, 0.717) is 29.0 Å². The van der Waals surface area contributed by atoms with Gasteiger partial charge in [-0.2, -0.15) is 0 Å². The number of aromatic nitrogens is 1. The maximum absolute atomic E-state index is 13.9. The van der Waals surface area contributed by atoms with Crippen molar-refractivity contribution in [2.45, 2.75) is 45.4 Å². The van der Waals surface area contributed by atoms with Crippen LogP contribution in [0.15, 0.2) is 54.7 Å². The van der Waals surface area contributed by atoms with Crippen LogP contribution in [0.4, 0.5) is 10.1 Å². The summed E-state index contributed by atoms with van der Waals surface area (Å²) in [5.74, 6) is 0.937. The van der Waals surface area contributed by atoms with Crippen LogP contribution in [0.25, 0.3) is 10.9 Å². The lowest BCUT2D eigenvalue weighted by Gasteiger charge is -2.31. The Hall–Kier alpha value is -3.32. The molecule has 0 aliphatic heterocycles. The van der Waals surface area contributed by atoms with Gasteiger partial charge in [-0.3, -0.25) is 19.8 Å². The minimum absolute atomic E-state index is 0.0333. The Morgan fingerprint density at radius 2 is 1.69 bits per heavy atom. The minimum Gasteiger partial charge on any atom is -0.326 e. The molecule has 2 unspecified atom stereocenters. The Morgan fingerprint density at radius 1 is 1.00 bits per heavy atom. The van der Waals surface area contributed by atoms with Crippen LogP contribution in [-0.2, 0) is 4.79 Å². The molecule has 3 N–H and O–H groups in total. The first-order valence-corrected chi connectivity index (χ1v) is 12.2. The number of fused-ring (bicyclic) bond motifs is 2. The number of nitrogens with zero attached hydrogens (tertiary/aromatic N) is 1. The first kappa shape index (κ1) is 23.4. The van der Waals surface area contributed by atoms with Crippen molar-refractivity contribution in [1.82, 2.24) is 10.5 Å². The van der Waals surface area contributed by atoms with Gasteiger partial charge in [0.1, 0.15) is 5.82 Å². The molecule has 2 saturated carbocycles. The van der Waals surface area contributed by atoms with E-state index in [0.717, 1.165) is 36.6 Å². The minimum atomic E-state index is -0.594. The van der Waals surface area contributed by atoms with Crippen molar-refractivity contribution in [1.29, 1.82) is 0 Å². The van der Waals surface area contributed by atoms with Gasteiger partial charge in [-0.1, -0.05) is 13.8 Å². The van der Waals surface area contributed by atoms with E-state index in [-0.39, 0.29) is 17.6 Å². The molecule has 1 heterocycles. The maximum Gasteiger partial charge on any atom is 0.274 e. The summed E-state index contributed by atoms with van der Waals surface area (Å²) in [4.78, 5) is 29.1. The van der Waals surface area contributed by atoms with Crippen LogP contribution in [0, 0.1) is 29.0 Å². The number of nitrogens with one attached hydrogen (secondary N) is 2. The Balaban J connectivity index is 1.24. The molecule has 5 rings (SSSR count). The number of hydrogen-bond acceptors (Lipinski definition) is 4. The van der Waals surface area contributed by atoms with E-state index in [1.165, 1.54) is 11.6 Å². The normalized spacial score (nSPS) is 23.8. The Kier molecular flexibility index (Phi) is 6.05. The zero-order valence-corrected chi connectivity index (χ0v) is 19.9. The summed E-state index contributed by atoms with van der Waals surface area (Å²) in [5.41, 5.74) is 4.02. The first-order chi connectivity index (χ1) is 16.8. The zero-order valence-electron chi connectivity index (χ0n) is 19.9. The zero-order chi connectivity index (χ0) is 24.7. The van der Waals surface area contributed by atoms with Crippen LogP contribution in [0.2, 0.25) is 0 Å². The average molecular weight is 476 g/mol. The summed E-state index contributed by atoms with van der Waals surface area (Å²) in [5, 5.41) is 12.7. The smallest absolute Gasteiger partial charge is 0.274 e. The molecular weight excluding hydrogens is 445 g/mol. The summed E-state index contributed by atoms with van der Waals surface area (Å²) >= 11 is 0. The van der Waals surface area contributed by atoms with E-state index in [9.17, 15) is 14.0 Å². The van der Waals surface area contributed by atoms with Crippen molar-refractivity contribution in [3.05, 3.63) is 71.7 Å². The lowest BCUT2D eigenvalue weighted by Crippen LogP contribution is -2.37. The summed E-state index contributed by atoms with van der Waals surface area (Å²) < 4.78 is 13.9. The van der Waals surface area contributed by atoms with E-state index < -0.39 is 11.3 Å². The predicted molar refractivity (Wildman–Crippen MR) is 131 cm³/mol. The fourth-order valence-corrected chi connectivity index (χ4v) is 6.20. The summed E-state index contributed by atoms with van der Waals surface area (Å²) in [7, 11) is 0. The van der Waals surface area contributed by atoms with Crippen LogP contribution in [0.1, 0.15) is 61.4 Å². The molecule has 2 fully saturated rings. The Bertz CT molecular complexity index is 1260. The van der Waals surface area contributed by atoms with Crippen LogP contribution < -0.4 is 10.8 Å². The maximum atomic E-state index is 13.9. The highest BCUT2D eigenvalue weighted by atomic mass is 19.1. The molecule has 2 aromatic carbocycles. The molecule has 0 saturated heterocycles. The number of benzene rings is 2. The van der Waals surface area contributed by atoms with Crippen LogP contribution in [-0.4, -0.2) is 22.0 Å². The Morgan fingerprint density at radius 3 is 2.34 bits per heavy atom. The molecule has 3 aromatic rings. The van der Waals surface area contributed by atoms with Crippen molar-refractivity contribution >= 4 is 28.4 Å². The van der Waals surface area contributed by atoms with Crippen molar-refractivity contribution in [2.24, 2.45) is 23.2 Å². The van der Waals surface area contributed by atoms with E-state index >= 15 is 0 Å². The lowest BCUT2D eigenvalue weighted by molar-refractivity contribution is -0.126. The topological polar surface area (TPSA) is 91.3 Å². The quantitative estimate of drug-likeness (QED) is 0.327. The molecule has 4 atom stereocenters. The van der Waals surface area contributed by atoms with E-state index in [1.54, 1.807) is 41.9 Å². The second-order valence-electron chi connectivity index (χ2n) is 10.6. The van der Waals surface area contributed by atoms with Gasteiger partial charge >= 0.3 is 0 Å². The molecule has 0 spiro atoms. The van der Waals surface area contributed by atoms with Crippen LogP contribution in [0.5, 0.6) is 0 Å². The molecule has 2 amide bonds. The highest BCUT2D eigenvalue weighted by Crippen LogP contribution is 2.56. The van der Waals surface area contributed by atoms with Gasteiger partial charge in [0.05, 0.1) is 5.52 Å². The van der Waals surface area contributed by atoms with Crippen molar-refractivity contribution in [3.8, 4) is 0 Å². The largest absolute Gasteiger partial charge is 0.326 e. The fourth-order valence-electron chi connectivity index (χ4n) is 6.20. The molecule has 7 heteroatoms. The third-order valence-corrected chi connectivity index (χ3v) is 8.31. The molecule has 1 aromatic heterocycles. The SMILES string of the molecule is CC(C)(C(=O)Nc1ccc(C(=O)NO)cc1)C1C[C@H]2CC(c3ccnc4ccc(F)cc34)C[C@H]2C1. The molecule has 2 aliphatic rings. The molecule has 0 radical (unpaired) electrons. The fraction of sp³-hybridized carbons (Fsp3) is 0.393. The monoisotopic (exact) mass is 475 g/mol. The average Bonchev–Trinajstić information content (AvgIpc) is 3.43. The van der Waals surface area contributed by atoms with E-state index in [4.69, 9.17) is 5.21 Å². The Labute approximate surface area is 203 Å². The van der Waals surface area contributed by atoms with Gasteiger partial charge in [0.2, 0.25) is 5.91 Å². The number of hydrogen-bond donors (Lipinski definition) is 3. The second-order valence-corrected chi connectivity index (χ2v) is 10.6. The number of amides is 2. The third-order valence-electron chi connectivity index (χ3n) is 8.31. The van der Waals surface area contributed by atoms with Gasteiger partial charge in [0, 0.05) is 28.2 Å². The van der Waals surface area contributed by atoms with Gasteiger partial charge in [-0.15, -0.1) is 0 Å². The van der Waals surface area contributed by atoms with Crippen molar-refractivity contribution < 1.29 is 19.2 Å². The number of carbonyl (C=O) groups is 2. The van der Waals surface area contributed by atoms with Gasteiger partial charge in [-0.25, -0.2) is 9.87 Å². The molecule has 0 bridgehead atoms. The molecule has 182 valence electrons. The van der Waals surface area contributed by atoms with Crippen LogP contribution >= 0.6 is 0 Å². The third kappa shape index (κ3) is 4.41. The highest BCUT2D eigenvalue weighted by Gasteiger charge is 2.49. The standard InChI is InChI=1S/C28H30FN3O3/c1-28(2,27(34)31-22-6-3-16(4-7-22)26(33)32-35)20-13-17-11-19(12-18(17)14-20)23-9-10-30-25-8-5-21(29)15-24(23)25/h3-10,15,17-20,35H,11-14H2,1-2H3,(H,31,34)(H,32,33)/t17-,18+,19?,20?. The van der Waals surface area contributed by atoms with Gasteiger partial charge in [-0.05, 0) is 103 Å². The van der Waals surface area contributed by atoms with Crippen molar-refractivity contribution in [2.75, 3.05) is 5.32 Å². The van der Waals surface area contributed by atoms with Gasteiger partial charge < -0.3 is 5.32 Å². The number of anilines is 1. The van der Waals surface area contributed by atoms with Gasteiger partial charge in [0.15, 0.2) is 0 Å². The highest BCUT2D eigenvalue weighted by molar-refractivity contribution is 5.97. The predicted octanol–water partition coefficient (Wildman–Crippen LogP) is 5.68. The molecule has 35 heavy (non-hydrogen) atoms. The molecular formula is C28H30FN3O3. The first-order valence-electron chi connectivity index (χ1n) is 12.2. The van der Waals surface area contributed by atoms with Crippen LogP contribution in [0.3, 0.4) is 0 Å². The summed E-state index contributed by atoms with van der Waals surface area (Å²) in [6, 6.07) is 13.3. The number of pyridine rings is 1. The van der Waals surface area contributed by atoms with E-state index in [1.807, 2.05) is 26.1 Å². The second kappa shape index (κ2) is 9.04. The van der Waals surface area contributed by atoms with Gasteiger partial charge in [0.25, 0.3) is 5.91 Å². The van der Waals surface area contributed by atoms with E-state index in [2.05, 4.69) is 10.3 Å². The number of halogens is 1. The number of hydroxylamine groups is 1.